The summed E-state index contributed by atoms with van der Waals surface area (Å²) in [5.74, 6) is 0.884. The number of aromatic nitrogens is 1. The summed E-state index contributed by atoms with van der Waals surface area (Å²) in [5, 5.41) is 6.67. The van der Waals surface area contributed by atoms with E-state index in [0.717, 1.165) is 12.0 Å². The number of thiophene rings is 1. The number of amides is 4. The molecule has 0 aliphatic carbocycles. The van der Waals surface area contributed by atoms with Crippen molar-refractivity contribution in [3.05, 3.63) is 83.4 Å². The van der Waals surface area contributed by atoms with Gasteiger partial charge in [-0.05, 0) is 74.2 Å². The molecule has 2 aromatic carbocycles. The summed E-state index contributed by atoms with van der Waals surface area (Å²) < 4.78 is 25.7. The molecule has 2 atom stereocenters. The van der Waals surface area contributed by atoms with E-state index in [0.29, 0.717) is 69.6 Å². The molecule has 1 saturated heterocycles. The van der Waals surface area contributed by atoms with Gasteiger partial charge in [0.25, 0.3) is 5.91 Å². The van der Waals surface area contributed by atoms with E-state index >= 15 is 0 Å². The molecule has 0 saturated carbocycles. The van der Waals surface area contributed by atoms with Crippen LogP contribution in [0.1, 0.15) is 34.5 Å². The minimum atomic E-state index is -1.91. The van der Waals surface area contributed by atoms with Gasteiger partial charge < -0.3 is 24.8 Å². The molecule has 6 rings (SSSR count). The number of benzene rings is 2. The van der Waals surface area contributed by atoms with Gasteiger partial charge in [0.2, 0.25) is 5.91 Å². The van der Waals surface area contributed by atoms with Gasteiger partial charge in [-0.3, -0.25) is 14.5 Å². The maximum atomic E-state index is 13.6. The number of anilines is 3. The van der Waals surface area contributed by atoms with Crippen LogP contribution in [0.4, 0.5) is 21.9 Å². The van der Waals surface area contributed by atoms with Gasteiger partial charge in [0.05, 0.1) is 28.2 Å². The summed E-state index contributed by atoms with van der Waals surface area (Å²) in [5.41, 5.74) is 2.55. The third kappa shape index (κ3) is 6.60. The lowest BCUT2D eigenvalue weighted by atomic mass is 10.0. The summed E-state index contributed by atoms with van der Waals surface area (Å²) >= 11 is -0.698. The molecule has 4 amide bonds. The fourth-order valence-electron chi connectivity index (χ4n) is 5.55. The first-order valence-corrected chi connectivity index (χ1v) is 16.6. The second-order valence-electron chi connectivity index (χ2n) is 10.8. The summed E-state index contributed by atoms with van der Waals surface area (Å²) in [4.78, 5) is 48.5. The van der Waals surface area contributed by atoms with Crippen molar-refractivity contribution in [1.82, 2.24) is 15.2 Å². The van der Waals surface area contributed by atoms with Crippen molar-refractivity contribution in [3.8, 4) is 11.5 Å². The zero-order valence-corrected chi connectivity index (χ0v) is 26.0. The minimum Gasteiger partial charge on any atom is -0.457 e. The van der Waals surface area contributed by atoms with Crippen LogP contribution in [0.2, 0.25) is 0 Å². The van der Waals surface area contributed by atoms with Gasteiger partial charge in [-0.1, -0.05) is 24.3 Å². The fourth-order valence-corrected chi connectivity index (χ4v) is 6.92. The molecule has 1 unspecified atom stereocenters. The zero-order valence-electron chi connectivity index (χ0n) is 24.4. The molecular weight excluding hydrogens is 615 g/mol. The second-order valence-corrected chi connectivity index (χ2v) is 12.8. The average Bonchev–Trinajstić information content (AvgIpc) is 3.40. The number of carbonyl (C=O) groups is 3. The van der Waals surface area contributed by atoms with E-state index in [-0.39, 0.29) is 23.6 Å². The largest absolute Gasteiger partial charge is 0.457 e. The van der Waals surface area contributed by atoms with Crippen molar-refractivity contribution in [1.29, 1.82) is 0 Å². The van der Waals surface area contributed by atoms with Gasteiger partial charge in [-0.25, -0.2) is 14.0 Å². The van der Waals surface area contributed by atoms with Gasteiger partial charge in [0.15, 0.2) is 11.1 Å². The van der Waals surface area contributed by atoms with E-state index in [9.17, 15) is 18.6 Å². The molecule has 2 aromatic heterocycles. The van der Waals surface area contributed by atoms with Crippen LogP contribution >= 0.6 is 11.3 Å². The monoisotopic (exact) mass is 645 g/mol. The minimum absolute atomic E-state index is 0.0699. The van der Waals surface area contributed by atoms with Crippen molar-refractivity contribution in [2.24, 2.45) is 0 Å². The SMILES string of the molecule is Cc1cc(Oc2ccccc2)ccc1N1C(=O)Nc2c(C(=O)N[C@@H]3CCCN(C(=O)/C=C/CCS(=O)O)C3)sc3nccc1c23. The van der Waals surface area contributed by atoms with Crippen molar-refractivity contribution >= 4 is 67.5 Å². The Morgan fingerprint density at radius 2 is 2.00 bits per heavy atom. The molecule has 4 aromatic rings. The predicted octanol–water partition coefficient (Wildman–Crippen LogP) is 5.97. The standard InChI is InChI=1S/C32H31N5O6S2/c1-20-18-23(43-22-9-3-2-4-10-22)12-13-24(20)37-25-14-15-33-31-27(25)28(35-32(37)40)29(44-31)30(39)34-21-8-7-16-36(19-21)26(38)11-5-6-17-45(41)42/h2-5,9-15,18,21H,6-8,16-17,19H2,1H3,(H,34,39)(H,35,40)(H,41,42)/b11-5+/t21-/m1/s1. The summed E-state index contributed by atoms with van der Waals surface area (Å²) in [6, 6.07) is 16.1. The van der Waals surface area contributed by atoms with Gasteiger partial charge in [0.1, 0.15) is 21.2 Å². The number of hydrogen-bond donors (Lipinski definition) is 3. The number of piperidine rings is 1. The Bertz CT molecular complexity index is 1830. The number of rotatable bonds is 9. The number of para-hydroxylation sites is 1. The fraction of sp³-hybridized carbons (Fsp3) is 0.250. The molecule has 0 bridgehead atoms. The number of pyridine rings is 1. The van der Waals surface area contributed by atoms with Crippen LogP contribution in [-0.4, -0.2) is 61.4 Å². The zero-order chi connectivity index (χ0) is 31.5. The predicted molar refractivity (Wildman–Crippen MR) is 175 cm³/mol. The van der Waals surface area contributed by atoms with Crippen molar-refractivity contribution in [2.75, 3.05) is 29.1 Å². The number of likely N-dealkylation sites (tertiary alicyclic amines) is 1. The number of ether oxygens (including phenoxy) is 1. The Morgan fingerprint density at radius 1 is 1.18 bits per heavy atom. The molecule has 0 spiro atoms. The first-order chi connectivity index (χ1) is 21.8. The van der Waals surface area contributed by atoms with E-state index in [1.165, 1.54) is 17.4 Å². The number of aryl methyl sites for hydroxylation is 1. The quantitative estimate of drug-likeness (QED) is 0.150. The van der Waals surface area contributed by atoms with E-state index in [1.54, 1.807) is 28.1 Å². The van der Waals surface area contributed by atoms with Gasteiger partial charge in [-0.2, -0.15) is 0 Å². The lowest BCUT2D eigenvalue weighted by Crippen LogP contribution is -2.49. The molecule has 13 heteroatoms. The number of allylic oxidation sites excluding steroid dienone is 1. The highest BCUT2D eigenvalue weighted by atomic mass is 32.2. The smallest absolute Gasteiger partial charge is 0.331 e. The second kappa shape index (κ2) is 13.2. The van der Waals surface area contributed by atoms with Gasteiger partial charge >= 0.3 is 6.03 Å². The first-order valence-electron chi connectivity index (χ1n) is 14.5. The molecule has 1 fully saturated rings. The molecule has 45 heavy (non-hydrogen) atoms. The summed E-state index contributed by atoms with van der Waals surface area (Å²) in [7, 11) is 0. The highest BCUT2D eigenvalue weighted by Crippen LogP contribution is 2.46. The Morgan fingerprint density at radius 3 is 2.78 bits per heavy atom. The van der Waals surface area contributed by atoms with Gasteiger partial charge in [-0.15, -0.1) is 11.3 Å². The Kier molecular flexibility index (Phi) is 8.92. The molecule has 0 radical (unpaired) electrons. The molecule has 2 aliphatic rings. The Labute approximate surface area is 266 Å². The van der Waals surface area contributed by atoms with Gasteiger partial charge in [0, 0.05) is 25.3 Å². The highest BCUT2D eigenvalue weighted by Gasteiger charge is 2.34. The number of carbonyl (C=O) groups excluding carboxylic acids is 3. The third-order valence-electron chi connectivity index (χ3n) is 7.63. The van der Waals surface area contributed by atoms with Crippen molar-refractivity contribution < 1.29 is 27.9 Å². The van der Waals surface area contributed by atoms with Crippen LogP contribution in [-0.2, 0) is 15.9 Å². The van der Waals surface area contributed by atoms with E-state index < -0.39 is 17.1 Å². The highest BCUT2D eigenvalue weighted by molar-refractivity contribution is 7.79. The van der Waals surface area contributed by atoms with Crippen LogP contribution in [0.25, 0.3) is 10.2 Å². The molecule has 232 valence electrons. The lowest BCUT2D eigenvalue weighted by molar-refractivity contribution is -0.127. The van der Waals surface area contributed by atoms with Crippen molar-refractivity contribution in [2.45, 2.75) is 32.2 Å². The van der Waals surface area contributed by atoms with Crippen LogP contribution in [0.15, 0.2) is 72.9 Å². The maximum Gasteiger partial charge on any atom is 0.331 e. The molecular formula is C32H31N5O6S2. The van der Waals surface area contributed by atoms with E-state index in [2.05, 4.69) is 15.6 Å². The van der Waals surface area contributed by atoms with Crippen LogP contribution in [0.3, 0.4) is 0 Å². The van der Waals surface area contributed by atoms with Crippen LogP contribution in [0, 0.1) is 6.92 Å². The number of nitrogens with one attached hydrogen (secondary N) is 2. The first kappa shape index (κ1) is 30.4. The van der Waals surface area contributed by atoms with E-state index in [1.807, 2.05) is 55.5 Å². The average molecular weight is 646 g/mol. The number of hydrogen-bond acceptors (Lipinski definition) is 7. The maximum absolute atomic E-state index is 13.6. The molecule has 4 heterocycles. The summed E-state index contributed by atoms with van der Waals surface area (Å²) in [6.45, 7) is 2.81. The van der Waals surface area contributed by atoms with Crippen molar-refractivity contribution in [3.63, 3.8) is 0 Å². The summed E-state index contributed by atoms with van der Waals surface area (Å²) in [6.07, 6.45) is 6.37. The molecule has 2 aliphatic heterocycles. The van der Waals surface area contributed by atoms with Crippen LogP contribution < -0.4 is 20.3 Å². The van der Waals surface area contributed by atoms with Crippen LogP contribution in [0.5, 0.6) is 11.5 Å². The number of urea groups is 1. The Balaban J connectivity index is 1.20. The Hall–Kier alpha value is -4.59. The van der Waals surface area contributed by atoms with E-state index in [4.69, 9.17) is 9.29 Å². The third-order valence-corrected chi connectivity index (χ3v) is 9.31. The topological polar surface area (TPSA) is 141 Å². The lowest BCUT2D eigenvalue weighted by Gasteiger charge is -2.32. The molecule has 3 N–H and O–H groups in total. The number of nitrogens with zero attached hydrogens (tertiary/aromatic N) is 3. The molecule has 11 nitrogen and oxygen atoms in total. The normalized spacial score (nSPS) is 16.9.